The molecule has 2 fully saturated rings. The summed E-state index contributed by atoms with van der Waals surface area (Å²) in [4.78, 5) is 11.6. The first kappa shape index (κ1) is 15.4. The Hall–Kier alpha value is -2.10. The minimum absolute atomic E-state index is 0.297. The number of piperidine rings is 1. The highest BCUT2D eigenvalue weighted by Gasteiger charge is 2.28. The van der Waals surface area contributed by atoms with E-state index < -0.39 is 0 Å². The van der Waals surface area contributed by atoms with E-state index in [0.717, 1.165) is 43.3 Å². The first-order valence-corrected chi connectivity index (χ1v) is 9.01. The molecule has 0 atom stereocenters. The van der Waals surface area contributed by atoms with Crippen molar-refractivity contribution in [2.45, 2.75) is 51.6 Å². The topological polar surface area (TPSA) is 38.2 Å². The Morgan fingerprint density at radius 1 is 1.00 bits per heavy atom. The van der Waals surface area contributed by atoms with Crippen molar-refractivity contribution in [2.75, 3.05) is 18.0 Å². The quantitative estimate of drug-likeness (QED) is 0.852. The number of para-hydroxylation sites is 1. The fourth-order valence-corrected chi connectivity index (χ4v) is 3.43. The van der Waals surface area contributed by atoms with Gasteiger partial charge in [-0.05, 0) is 43.9 Å². The minimum atomic E-state index is 0.297. The van der Waals surface area contributed by atoms with Crippen molar-refractivity contribution in [2.24, 2.45) is 0 Å². The van der Waals surface area contributed by atoms with E-state index in [1.807, 2.05) is 12.3 Å². The van der Waals surface area contributed by atoms with Gasteiger partial charge in [-0.15, -0.1) is 0 Å². The zero-order valence-electron chi connectivity index (χ0n) is 14.5. The SMILES string of the molecule is Cc1cccc(C)c1OC1CCN(c2ccnc(C3CC3)n2)CC1. The Bertz CT molecular complexity index is 698. The molecule has 1 aliphatic carbocycles. The zero-order valence-corrected chi connectivity index (χ0v) is 14.5. The van der Waals surface area contributed by atoms with Crippen LogP contribution in [-0.4, -0.2) is 29.2 Å². The van der Waals surface area contributed by atoms with Gasteiger partial charge in [0.2, 0.25) is 0 Å². The predicted octanol–water partition coefficient (Wildman–Crippen LogP) is 4.02. The van der Waals surface area contributed by atoms with Crippen molar-refractivity contribution in [3.63, 3.8) is 0 Å². The van der Waals surface area contributed by atoms with Crippen molar-refractivity contribution in [1.29, 1.82) is 0 Å². The van der Waals surface area contributed by atoms with Crippen molar-refractivity contribution >= 4 is 5.82 Å². The lowest BCUT2D eigenvalue weighted by atomic mass is 10.1. The van der Waals surface area contributed by atoms with Crippen LogP contribution >= 0.6 is 0 Å². The van der Waals surface area contributed by atoms with E-state index in [1.54, 1.807) is 0 Å². The van der Waals surface area contributed by atoms with Crippen LogP contribution in [0.4, 0.5) is 5.82 Å². The molecule has 1 saturated heterocycles. The van der Waals surface area contributed by atoms with Gasteiger partial charge in [0.05, 0.1) is 0 Å². The maximum atomic E-state index is 6.31. The number of nitrogens with zero attached hydrogens (tertiary/aromatic N) is 3. The second-order valence-electron chi connectivity index (χ2n) is 7.07. The van der Waals surface area contributed by atoms with Crippen molar-refractivity contribution in [3.05, 3.63) is 47.4 Å². The minimum Gasteiger partial charge on any atom is -0.490 e. The smallest absolute Gasteiger partial charge is 0.133 e. The molecule has 0 spiro atoms. The number of rotatable bonds is 4. The van der Waals surface area contributed by atoms with E-state index in [2.05, 4.69) is 41.9 Å². The van der Waals surface area contributed by atoms with Crippen LogP contribution in [0.25, 0.3) is 0 Å². The number of aromatic nitrogens is 2. The van der Waals surface area contributed by atoms with Crippen LogP contribution in [0.1, 0.15) is 48.6 Å². The number of hydrogen-bond donors (Lipinski definition) is 0. The Morgan fingerprint density at radius 3 is 2.38 bits per heavy atom. The van der Waals surface area contributed by atoms with E-state index in [9.17, 15) is 0 Å². The second kappa shape index (κ2) is 6.42. The monoisotopic (exact) mass is 323 g/mol. The highest BCUT2D eigenvalue weighted by Crippen LogP contribution is 2.38. The molecule has 4 nitrogen and oxygen atoms in total. The summed E-state index contributed by atoms with van der Waals surface area (Å²) in [5.74, 6) is 3.78. The Morgan fingerprint density at radius 2 is 1.71 bits per heavy atom. The van der Waals surface area contributed by atoms with Gasteiger partial charge in [0.1, 0.15) is 23.5 Å². The van der Waals surface area contributed by atoms with Gasteiger partial charge in [-0.2, -0.15) is 0 Å². The summed E-state index contributed by atoms with van der Waals surface area (Å²) in [7, 11) is 0. The largest absolute Gasteiger partial charge is 0.490 e. The third kappa shape index (κ3) is 3.23. The van der Waals surface area contributed by atoms with Crippen molar-refractivity contribution in [3.8, 4) is 5.75 Å². The molecule has 0 N–H and O–H groups in total. The molecule has 1 aromatic heterocycles. The molecule has 2 aliphatic rings. The van der Waals surface area contributed by atoms with E-state index in [-0.39, 0.29) is 0 Å². The van der Waals surface area contributed by atoms with Crippen LogP contribution < -0.4 is 9.64 Å². The molecule has 1 saturated carbocycles. The zero-order chi connectivity index (χ0) is 16.5. The molecule has 0 radical (unpaired) electrons. The van der Waals surface area contributed by atoms with Gasteiger partial charge in [-0.1, -0.05) is 18.2 Å². The molecule has 2 aromatic rings. The molecule has 0 unspecified atom stereocenters. The number of anilines is 1. The van der Waals surface area contributed by atoms with Gasteiger partial charge >= 0.3 is 0 Å². The standard InChI is InChI=1S/C20H25N3O/c1-14-4-3-5-15(2)19(14)24-17-9-12-23(13-10-17)18-8-11-21-20(22-18)16-6-7-16/h3-5,8,11,16-17H,6-7,9-10,12-13H2,1-2H3. The maximum absolute atomic E-state index is 6.31. The summed E-state index contributed by atoms with van der Waals surface area (Å²) in [5.41, 5.74) is 2.45. The summed E-state index contributed by atoms with van der Waals surface area (Å²) in [6.45, 7) is 6.24. The molecule has 126 valence electrons. The molecule has 4 rings (SSSR count). The highest BCUT2D eigenvalue weighted by atomic mass is 16.5. The Kier molecular flexibility index (Phi) is 4.13. The lowest BCUT2D eigenvalue weighted by Gasteiger charge is -2.33. The van der Waals surface area contributed by atoms with Gasteiger partial charge < -0.3 is 9.64 Å². The maximum Gasteiger partial charge on any atom is 0.133 e. The summed E-state index contributed by atoms with van der Waals surface area (Å²) >= 11 is 0. The number of aryl methyl sites for hydroxylation is 2. The molecule has 4 heteroatoms. The third-order valence-corrected chi connectivity index (χ3v) is 5.06. The van der Waals surface area contributed by atoms with Crippen LogP contribution in [0.2, 0.25) is 0 Å². The summed E-state index contributed by atoms with van der Waals surface area (Å²) < 4.78 is 6.31. The molecule has 2 heterocycles. The van der Waals surface area contributed by atoms with Gasteiger partial charge in [-0.3, -0.25) is 0 Å². The van der Waals surface area contributed by atoms with Crippen LogP contribution in [0.15, 0.2) is 30.5 Å². The summed E-state index contributed by atoms with van der Waals surface area (Å²) in [6.07, 6.45) is 6.78. The van der Waals surface area contributed by atoms with Gasteiger partial charge in [0.25, 0.3) is 0 Å². The fourth-order valence-electron chi connectivity index (χ4n) is 3.43. The molecular weight excluding hydrogens is 298 g/mol. The number of ether oxygens (including phenoxy) is 1. The number of benzene rings is 1. The second-order valence-corrected chi connectivity index (χ2v) is 7.07. The van der Waals surface area contributed by atoms with E-state index in [1.165, 1.54) is 24.0 Å². The van der Waals surface area contributed by atoms with Crippen LogP contribution in [-0.2, 0) is 0 Å². The van der Waals surface area contributed by atoms with Gasteiger partial charge in [-0.25, -0.2) is 9.97 Å². The van der Waals surface area contributed by atoms with Crippen molar-refractivity contribution < 1.29 is 4.74 Å². The summed E-state index contributed by atoms with van der Waals surface area (Å²) in [6, 6.07) is 8.38. The number of hydrogen-bond acceptors (Lipinski definition) is 4. The predicted molar refractivity (Wildman–Crippen MR) is 95.8 cm³/mol. The molecule has 1 aromatic carbocycles. The normalized spacial score (nSPS) is 18.7. The van der Waals surface area contributed by atoms with Crippen LogP contribution in [0, 0.1) is 13.8 Å². The third-order valence-electron chi connectivity index (χ3n) is 5.06. The molecule has 0 bridgehead atoms. The van der Waals surface area contributed by atoms with E-state index in [4.69, 9.17) is 9.72 Å². The average Bonchev–Trinajstić information content (AvgIpc) is 3.44. The van der Waals surface area contributed by atoms with Crippen molar-refractivity contribution in [1.82, 2.24) is 9.97 Å². The van der Waals surface area contributed by atoms with Crippen LogP contribution in [0.3, 0.4) is 0 Å². The Balaban J connectivity index is 1.39. The van der Waals surface area contributed by atoms with Gasteiger partial charge in [0.15, 0.2) is 0 Å². The first-order chi connectivity index (χ1) is 11.7. The lowest BCUT2D eigenvalue weighted by molar-refractivity contribution is 0.168. The molecule has 1 aliphatic heterocycles. The highest BCUT2D eigenvalue weighted by molar-refractivity contribution is 5.41. The average molecular weight is 323 g/mol. The van der Waals surface area contributed by atoms with Gasteiger partial charge in [0, 0.05) is 38.0 Å². The molecular formula is C20H25N3O. The molecule has 24 heavy (non-hydrogen) atoms. The molecule has 0 amide bonds. The van der Waals surface area contributed by atoms with E-state index in [0.29, 0.717) is 12.0 Å². The summed E-state index contributed by atoms with van der Waals surface area (Å²) in [5, 5.41) is 0. The van der Waals surface area contributed by atoms with E-state index >= 15 is 0 Å². The Labute approximate surface area is 143 Å². The lowest BCUT2D eigenvalue weighted by Crippen LogP contribution is -2.39. The first-order valence-electron chi connectivity index (χ1n) is 9.01. The van der Waals surface area contributed by atoms with Crippen LogP contribution in [0.5, 0.6) is 5.75 Å². The fraction of sp³-hybridized carbons (Fsp3) is 0.500.